The highest BCUT2D eigenvalue weighted by Crippen LogP contribution is 2.34. The van der Waals surface area contributed by atoms with Crippen molar-refractivity contribution >= 4 is 46.6 Å². The fourth-order valence-electron chi connectivity index (χ4n) is 3.48. The van der Waals surface area contributed by atoms with Crippen molar-refractivity contribution < 1.29 is 18.8 Å². The Hall–Kier alpha value is -2.65. The van der Waals surface area contributed by atoms with E-state index in [0.717, 1.165) is 4.88 Å². The van der Waals surface area contributed by atoms with E-state index in [1.807, 2.05) is 17.5 Å². The minimum absolute atomic E-state index is 0.219. The number of imide groups is 1. The summed E-state index contributed by atoms with van der Waals surface area (Å²) < 4.78 is 13.8. The maximum Gasteiger partial charge on any atom is 0.327 e. The molecule has 4 rings (SSSR count). The fraction of sp³-hybridized carbons (Fsp3) is 0.286. The first-order chi connectivity index (χ1) is 14.4. The average molecular weight is 446 g/mol. The van der Waals surface area contributed by atoms with Crippen LogP contribution in [0.3, 0.4) is 0 Å². The molecule has 2 aliphatic heterocycles. The zero-order valence-corrected chi connectivity index (χ0v) is 17.8. The second-order valence-corrected chi connectivity index (χ2v) is 9.20. The normalized spacial score (nSPS) is 20.6. The highest BCUT2D eigenvalue weighted by molar-refractivity contribution is 8.03. The molecular formula is C21H20FN3O3S2. The number of aryl methyl sites for hydroxylation is 1. The van der Waals surface area contributed by atoms with Gasteiger partial charge in [0, 0.05) is 17.1 Å². The molecule has 6 nitrogen and oxygen atoms in total. The van der Waals surface area contributed by atoms with Crippen LogP contribution >= 0.6 is 23.1 Å². The fourth-order valence-corrected chi connectivity index (χ4v) is 5.24. The number of urea groups is 1. The maximum atomic E-state index is 13.8. The predicted molar refractivity (Wildman–Crippen MR) is 116 cm³/mol. The maximum absolute atomic E-state index is 13.8. The Morgan fingerprint density at radius 3 is 2.83 bits per heavy atom. The van der Waals surface area contributed by atoms with Crippen molar-refractivity contribution in [1.82, 2.24) is 9.80 Å². The van der Waals surface area contributed by atoms with Gasteiger partial charge in [0.25, 0.3) is 0 Å². The molecule has 0 radical (unpaired) electrons. The molecule has 0 saturated carbocycles. The number of amides is 4. The molecule has 4 amide bonds. The van der Waals surface area contributed by atoms with Crippen LogP contribution in [0.15, 0.2) is 47.2 Å². The minimum Gasteiger partial charge on any atom is -0.324 e. The Kier molecular flexibility index (Phi) is 5.92. The van der Waals surface area contributed by atoms with E-state index in [9.17, 15) is 18.8 Å². The van der Waals surface area contributed by atoms with E-state index in [2.05, 4.69) is 5.32 Å². The number of fused-ring (bicyclic) bond motifs is 1. The Labute approximate surface area is 181 Å². The first-order valence-corrected chi connectivity index (χ1v) is 11.3. The predicted octanol–water partition coefficient (Wildman–Crippen LogP) is 3.64. The van der Waals surface area contributed by atoms with Gasteiger partial charge in [-0.2, -0.15) is 0 Å². The van der Waals surface area contributed by atoms with Crippen LogP contribution in [-0.2, 0) is 16.0 Å². The zero-order chi connectivity index (χ0) is 21.3. The molecule has 2 aromatic rings. The quantitative estimate of drug-likeness (QED) is 0.737. The SMILES string of the molecule is Cc1ccc(NC(=O)CN2C(=O)N(CCc3cccs3)C(=O)C3SC=CC32)cc1F. The Balaban J connectivity index is 1.47. The van der Waals surface area contributed by atoms with Crippen LogP contribution in [-0.4, -0.2) is 52.0 Å². The molecule has 1 saturated heterocycles. The van der Waals surface area contributed by atoms with Crippen molar-refractivity contribution in [2.24, 2.45) is 0 Å². The summed E-state index contributed by atoms with van der Waals surface area (Å²) in [6, 6.07) is 7.38. The van der Waals surface area contributed by atoms with Crippen LogP contribution in [0.4, 0.5) is 14.9 Å². The monoisotopic (exact) mass is 445 g/mol. The van der Waals surface area contributed by atoms with Gasteiger partial charge in [-0.15, -0.1) is 23.1 Å². The topological polar surface area (TPSA) is 69.7 Å². The van der Waals surface area contributed by atoms with Crippen LogP contribution in [0, 0.1) is 12.7 Å². The van der Waals surface area contributed by atoms with Gasteiger partial charge in [-0.05, 0) is 47.9 Å². The van der Waals surface area contributed by atoms with Crippen LogP contribution in [0.25, 0.3) is 0 Å². The molecule has 1 fully saturated rings. The molecule has 2 unspecified atom stereocenters. The van der Waals surface area contributed by atoms with E-state index in [-0.39, 0.29) is 19.0 Å². The zero-order valence-electron chi connectivity index (χ0n) is 16.2. The van der Waals surface area contributed by atoms with Gasteiger partial charge >= 0.3 is 6.03 Å². The third-order valence-corrected chi connectivity index (χ3v) is 7.11. The summed E-state index contributed by atoms with van der Waals surface area (Å²) in [5.41, 5.74) is 0.807. The number of hydrogen-bond donors (Lipinski definition) is 1. The molecule has 1 aromatic carbocycles. The van der Waals surface area contributed by atoms with E-state index in [1.165, 1.54) is 27.6 Å². The molecule has 30 heavy (non-hydrogen) atoms. The number of hydrogen-bond acceptors (Lipinski definition) is 5. The second kappa shape index (κ2) is 8.61. The van der Waals surface area contributed by atoms with E-state index >= 15 is 0 Å². The number of carbonyl (C=O) groups excluding carboxylic acids is 3. The molecule has 2 atom stereocenters. The van der Waals surface area contributed by atoms with Crippen LogP contribution in [0.2, 0.25) is 0 Å². The second-order valence-electron chi connectivity index (χ2n) is 7.12. The number of nitrogens with zero attached hydrogens (tertiary/aromatic N) is 2. The molecule has 0 bridgehead atoms. The number of halogens is 1. The highest BCUT2D eigenvalue weighted by atomic mass is 32.2. The number of rotatable bonds is 6. The summed E-state index contributed by atoms with van der Waals surface area (Å²) in [4.78, 5) is 42.2. The van der Waals surface area contributed by atoms with Crippen LogP contribution < -0.4 is 5.32 Å². The Morgan fingerprint density at radius 1 is 1.27 bits per heavy atom. The van der Waals surface area contributed by atoms with Crippen molar-refractivity contribution in [3.63, 3.8) is 0 Å². The number of nitrogens with one attached hydrogen (secondary N) is 1. The summed E-state index contributed by atoms with van der Waals surface area (Å²) in [6.07, 6.45) is 2.36. The number of benzene rings is 1. The number of thioether (sulfide) groups is 1. The number of thiophene rings is 1. The Morgan fingerprint density at radius 2 is 2.10 bits per heavy atom. The number of carbonyl (C=O) groups is 3. The van der Waals surface area contributed by atoms with E-state index in [0.29, 0.717) is 17.7 Å². The average Bonchev–Trinajstić information content (AvgIpc) is 3.40. The van der Waals surface area contributed by atoms with Gasteiger partial charge in [0.1, 0.15) is 17.6 Å². The smallest absolute Gasteiger partial charge is 0.324 e. The summed E-state index contributed by atoms with van der Waals surface area (Å²) in [7, 11) is 0. The number of anilines is 1. The molecule has 2 aliphatic rings. The summed E-state index contributed by atoms with van der Waals surface area (Å²) in [5.74, 6) is -1.08. The molecule has 156 valence electrons. The largest absolute Gasteiger partial charge is 0.327 e. The molecule has 3 heterocycles. The molecule has 1 N–H and O–H groups in total. The van der Waals surface area contributed by atoms with Crippen molar-refractivity contribution in [3.05, 3.63) is 63.5 Å². The van der Waals surface area contributed by atoms with Gasteiger partial charge in [0.2, 0.25) is 11.8 Å². The van der Waals surface area contributed by atoms with Crippen LogP contribution in [0.5, 0.6) is 0 Å². The van der Waals surface area contributed by atoms with E-state index in [1.54, 1.807) is 41.9 Å². The molecule has 0 aliphatic carbocycles. The van der Waals surface area contributed by atoms with E-state index in [4.69, 9.17) is 0 Å². The lowest BCUT2D eigenvalue weighted by Crippen LogP contribution is -2.63. The summed E-state index contributed by atoms with van der Waals surface area (Å²) >= 11 is 2.93. The van der Waals surface area contributed by atoms with E-state index < -0.39 is 29.0 Å². The van der Waals surface area contributed by atoms with Gasteiger partial charge in [0.05, 0.1) is 6.04 Å². The van der Waals surface area contributed by atoms with Gasteiger partial charge in [-0.1, -0.05) is 18.2 Å². The van der Waals surface area contributed by atoms with Gasteiger partial charge in [0.15, 0.2) is 0 Å². The molecule has 9 heteroatoms. The van der Waals surface area contributed by atoms with Crippen molar-refractivity contribution in [2.75, 3.05) is 18.4 Å². The molecule has 1 aromatic heterocycles. The van der Waals surface area contributed by atoms with Gasteiger partial charge in [-0.3, -0.25) is 14.5 Å². The first kappa shape index (κ1) is 20.6. The third kappa shape index (κ3) is 4.13. The lowest BCUT2D eigenvalue weighted by atomic mass is 10.1. The van der Waals surface area contributed by atoms with Crippen molar-refractivity contribution in [2.45, 2.75) is 24.6 Å². The van der Waals surface area contributed by atoms with Gasteiger partial charge in [-0.25, -0.2) is 9.18 Å². The molecule has 0 spiro atoms. The summed E-state index contributed by atoms with van der Waals surface area (Å²) in [5, 5.41) is 5.93. The van der Waals surface area contributed by atoms with Crippen molar-refractivity contribution in [1.29, 1.82) is 0 Å². The highest BCUT2D eigenvalue weighted by Gasteiger charge is 2.47. The lowest BCUT2D eigenvalue weighted by molar-refractivity contribution is -0.132. The van der Waals surface area contributed by atoms with Crippen molar-refractivity contribution in [3.8, 4) is 0 Å². The summed E-state index contributed by atoms with van der Waals surface area (Å²) in [6.45, 7) is 1.69. The van der Waals surface area contributed by atoms with Crippen LogP contribution in [0.1, 0.15) is 10.4 Å². The standard InChI is InChI=1S/C21H20FN3O3S2/c1-13-4-5-14(11-16(13)22)23-18(26)12-25-17-7-10-30-19(17)20(27)24(21(25)28)8-6-15-3-2-9-29-15/h2-5,7,9-11,17,19H,6,8,12H2,1H3,(H,23,26). The Bertz CT molecular complexity index is 1010. The minimum atomic E-state index is -0.477. The molecular weight excluding hydrogens is 425 g/mol. The third-order valence-electron chi connectivity index (χ3n) is 5.09. The lowest BCUT2D eigenvalue weighted by Gasteiger charge is -2.40. The van der Waals surface area contributed by atoms with Gasteiger partial charge < -0.3 is 10.2 Å². The first-order valence-electron chi connectivity index (χ1n) is 9.46.